The van der Waals surface area contributed by atoms with Crippen molar-refractivity contribution in [1.82, 2.24) is 9.55 Å². The molecule has 0 aliphatic heterocycles. The summed E-state index contributed by atoms with van der Waals surface area (Å²) in [6, 6.07) is 6.62. The molecule has 1 unspecified atom stereocenters. The lowest BCUT2D eigenvalue weighted by molar-refractivity contribution is 0.105. The van der Waals surface area contributed by atoms with Gasteiger partial charge >= 0.3 is 6.09 Å². The number of aromatic nitrogens is 2. The Bertz CT molecular complexity index is 1160. The van der Waals surface area contributed by atoms with Gasteiger partial charge in [0.25, 0.3) is 11.3 Å². The first kappa shape index (κ1) is 26.0. The minimum atomic E-state index is -2.68. The number of imidazole rings is 1. The van der Waals surface area contributed by atoms with Crippen LogP contribution in [0.15, 0.2) is 36.7 Å². The molecule has 1 aromatic carbocycles. The van der Waals surface area contributed by atoms with Crippen molar-refractivity contribution in [2.45, 2.75) is 33.7 Å². The van der Waals surface area contributed by atoms with Crippen LogP contribution in [0.3, 0.4) is 0 Å². The van der Waals surface area contributed by atoms with Crippen molar-refractivity contribution in [3.8, 4) is 11.1 Å². The molecule has 0 saturated heterocycles. The van der Waals surface area contributed by atoms with E-state index >= 15 is 4.39 Å². The Balaban J connectivity index is 2.00. The highest BCUT2D eigenvalue weighted by atomic mass is 32.2. The maximum Gasteiger partial charge on any atom is 0.429 e. The van der Waals surface area contributed by atoms with Crippen molar-refractivity contribution < 1.29 is 27.4 Å². The van der Waals surface area contributed by atoms with Gasteiger partial charge in [0.1, 0.15) is 23.2 Å². The fourth-order valence-electron chi connectivity index (χ4n) is 3.38. The summed E-state index contributed by atoms with van der Waals surface area (Å²) in [5.41, 5.74) is 1.45. The summed E-state index contributed by atoms with van der Waals surface area (Å²) in [5, 5.41) is 0.219. The zero-order chi connectivity index (χ0) is 24.8. The van der Waals surface area contributed by atoms with Gasteiger partial charge in [-0.25, -0.2) is 18.4 Å². The highest BCUT2D eigenvalue weighted by Crippen LogP contribution is 2.41. The summed E-state index contributed by atoms with van der Waals surface area (Å²) >= 11 is -1.47. The monoisotopic (exact) mass is 509 g/mol. The largest absolute Gasteiger partial charge is 0.446 e. The Kier molecular flexibility index (Phi) is 8.95. The van der Waals surface area contributed by atoms with E-state index in [-0.39, 0.29) is 18.2 Å². The number of anilines is 1. The first-order valence-electron chi connectivity index (χ1n) is 10.7. The number of nitrogens with zero attached hydrogens (tertiary/aromatic N) is 3. The fraction of sp³-hybridized carbons (Fsp3) is 0.391. The predicted octanol–water partition coefficient (Wildman–Crippen LogP) is 5.03. The molecule has 3 aromatic rings. The molecule has 11 heteroatoms. The average Bonchev–Trinajstić information content (AvgIpc) is 3.35. The lowest BCUT2D eigenvalue weighted by Gasteiger charge is -2.18. The SMILES string of the molecule is COCCOC(=O)N(c1sc(CC(C)C)cc1-c1ccc(Cn2ccnc2C)c(F)c1)S(=O)O. The summed E-state index contributed by atoms with van der Waals surface area (Å²) in [5.74, 6) is 0.668. The van der Waals surface area contributed by atoms with E-state index in [9.17, 15) is 13.6 Å². The molecule has 0 radical (unpaired) electrons. The molecular weight excluding hydrogens is 481 g/mol. The lowest BCUT2D eigenvalue weighted by Crippen LogP contribution is -2.33. The van der Waals surface area contributed by atoms with Crippen LogP contribution in [0, 0.1) is 18.7 Å². The van der Waals surface area contributed by atoms with Gasteiger partial charge in [0.2, 0.25) is 0 Å². The fourth-order valence-corrected chi connectivity index (χ4v) is 5.39. The van der Waals surface area contributed by atoms with Gasteiger partial charge < -0.3 is 14.0 Å². The molecule has 0 fully saturated rings. The molecule has 0 spiro atoms. The van der Waals surface area contributed by atoms with Crippen molar-refractivity contribution in [1.29, 1.82) is 0 Å². The normalized spacial score (nSPS) is 12.2. The van der Waals surface area contributed by atoms with E-state index in [4.69, 9.17) is 9.47 Å². The third-order valence-corrected chi connectivity index (χ3v) is 6.92. The maximum atomic E-state index is 15.1. The molecule has 2 aromatic heterocycles. The third kappa shape index (κ3) is 6.29. The highest BCUT2D eigenvalue weighted by molar-refractivity contribution is 7.82. The summed E-state index contributed by atoms with van der Waals surface area (Å²) in [4.78, 5) is 17.7. The van der Waals surface area contributed by atoms with E-state index in [2.05, 4.69) is 4.98 Å². The quantitative estimate of drug-likeness (QED) is 0.304. The van der Waals surface area contributed by atoms with Crippen LogP contribution in [0.5, 0.6) is 0 Å². The number of rotatable bonds is 10. The summed E-state index contributed by atoms with van der Waals surface area (Å²) in [7, 11) is 1.46. The van der Waals surface area contributed by atoms with Gasteiger partial charge in [0.15, 0.2) is 0 Å². The van der Waals surface area contributed by atoms with Gasteiger partial charge in [-0.05, 0) is 37.0 Å². The minimum Gasteiger partial charge on any atom is -0.446 e. The molecule has 0 aliphatic carbocycles. The molecule has 0 saturated carbocycles. The number of carbonyl (C=O) groups excluding carboxylic acids is 1. The van der Waals surface area contributed by atoms with Crippen LogP contribution in [-0.2, 0) is 33.7 Å². The molecule has 0 aliphatic rings. The smallest absolute Gasteiger partial charge is 0.429 e. The number of amides is 1. The van der Waals surface area contributed by atoms with Crippen molar-refractivity contribution in [3.63, 3.8) is 0 Å². The Labute approximate surface area is 204 Å². The second kappa shape index (κ2) is 11.7. The van der Waals surface area contributed by atoms with Crippen LogP contribution >= 0.6 is 11.3 Å². The van der Waals surface area contributed by atoms with E-state index in [0.29, 0.717) is 39.9 Å². The lowest BCUT2D eigenvalue weighted by atomic mass is 10.0. The zero-order valence-electron chi connectivity index (χ0n) is 19.5. The van der Waals surface area contributed by atoms with Crippen LogP contribution in [0.1, 0.15) is 30.1 Å². The van der Waals surface area contributed by atoms with Gasteiger partial charge in [-0.1, -0.05) is 26.0 Å². The summed E-state index contributed by atoms with van der Waals surface area (Å²) in [6.45, 7) is 6.34. The number of hydrogen-bond donors (Lipinski definition) is 1. The van der Waals surface area contributed by atoms with Crippen molar-refractivity contribution >= 4 is 33.7 Å². The van der Waals surface area contributed by atoms with Crippen molar-refractivity contribution in [2.75, 3.05) is 24.6 Å². The Morgan fingerprint density at radius 1 is 1.32 bits per heavy atom. The number of benzene rings is 1. The molecule has 184 valence electrons. The second-order valence-corrected chi connectivity index (χ2v) is 10.0. The number of ether oxygens (including phenoxy) is 2. The molecule has 1 atom stereocenters. The Hall–Kier alpha value is -2.60. The standard InChI is InChI=1S/C23H28FN3O5S2/c1-15(2)11-19-13-20(22(33-19)27(34(29)30)23(28)32-10-9-31-4)17-5-6-18(21(24)12-17)14-26-8-7-25-16(26)3/h5-8,12-13,15H,9-11,14H2,1-4H3,(H,29,30). The van der Waals surface area contributed by atoms with Crippen molar-refractivity contribution in [3.05, 3.63) is 58.7 Å². The number of halogens is 1. The molecule has 2 heterocycles. The molecule has 1 amide bonds. The molecule has 34 heavy (non-hydrogen) atoms. The average molecular weight is 510 g/mol. The van der Waals surface area contributed by atoms with E-state index in [1.165, 1.54) is 24.5 Å². The second-order valence-electron chi connectivity index (χ2n) is 8.07. The number of aryl methyl sites for hydroxylation is 1. The minimum absolute atomic E-state index is 0.0699. The summed E-state index contributed by atoms with van der Waals surface area (Å²) in [6.07, 6.45) is 3.15. The van der Waals surface area contributed by atoms with E-state index in [1.807, 2.05) is 31.4 Å². The third-order valence-electron chi connectivity index (χ3n) is 5.02. The van der Waals surface area contributed by atoms with Crippen LogP contribution in [-0.4, -0.2) is 44.7 Å². The van der Waals surface area contributed by atoms with E-state index in [1.54, 1.807) is 24.5 Å². The van der Waals surface area contributed by atoms with Crippen LogP contribution in [0.4, 0.5) is 14.2 Å². The molecule has 3 rings (SSSR count). The Morgan fingerprint density at radius 3 is 2.68 bits per heavy atom. The highest BCUT2D eigenvalue weighted by Gasteiger charge is 2.29. The molecular formula is C23H28FN3O5S2. The topological polar surface area (TPSA) is 93.9 Å². The first-order valence-corrected chi connectivity index (χ1v) is 12.5. The van der Waals surface area contributed by atoms with Crippen LogP contribution in [0.2, 0.25) is 0 Å². The van der Waals surface area contributed by atoms with Gasteiger partial charge in [-0.2, -0.15) is 4.31 Å². The van der Waals surface area contributed by atoms with Gasteiger partial charge in [0.05, 0.1) is 13.2 Å². The molecule has 0 bridgehead atoms. The first-order chi connectivity index (χ1) is 16.2. The number of methoxy groups -OCH3 is 1. The maximum absolute atomic E-state index is 15.1. The Morgan fingerprint density at radius 2 is 2.09 bits per heavy atom. The van der Waals surface area contributed by atoms with Crippen LogP contribution < -0.4 is 4.31 Å². The van der Waals surface area contributed by atoms with Crippen LogP contribution in [0.25, 0.3) is 11.1 Å². The van der Waals surface area contributed by atoms with Gasteiger partial charge in [0, 0.05) is 35.5 Å². The number of carbonyl (C=O) groups is 1. The van der Waals surface area contributed by atoms with Gasteiger partial charge in [-0.15, -0.1) is 11.3 Å². The van der Waals surface area contributed by atoms with Crippen molar-refractivity contribution in [2.24, 2.45) is 5.92 Å². The van der Waals surface area contributed by atoms with E-state index in [0.717, 1.165) is 10.7 Å². The number of thiophene rings is 1. The predicted molar refractivity (Wildman–Crippen MR) is 131 cm³/mol. The number of hydrogen-bond acceptors (Lipinski definition) is 6. The molecule has 8 nitrogen and oxygen atoms in total. The zero-order valence-corrected chi connectivity index (χ0v) is 21.1. The molecule has 1 N–H and O–H groups in total. The van der Waals surface area contributed by atoms with E-state index < -0.39 is 23.2 Å². The summed E-state index contributed by atoms with van der Waals surface area (Å²) < 4.78 is 49.6. The van der Waals surface area contributed by atoms with Gasteiger partial charge in [-0.3, -0.25) is 4.55 Å².